The summed E-state index contributed by atoms with van der Waals surface area (Å²) in [7, 11) is -3.85. The largest absolute Gasteiger partial charge is 0.452 e. The van der Waals surface area contributed by atoms with E-state index in [2.05, 4.69) is 15.9 Å². The summed E-state index contributed by atoms with van der Waals surface area (Å²) in [6.45, 7) is -0.591. The number of halogens is 1. The van der Waals surface area contributed by atoms with Crippen molar-refractivity contribution in [2.45, 2.75) is 5.75 Å². The number of carbonyl (C=O) groups excluding carboxylic acids is 1. The van der Waals surface area contributed by atoms with Crippen molar-refractivity contribution in [2.24, 2.45) is 0 Å². The van der Waals surface area contributed by atoms with E-state index in [1.165, 1.54) is 0 Å². The zero-order valence-electron chi connectivity index (χ0n) is 12.4. The lowest BCUT2D eigenvalue weighted by Crippen LogP contribution is -2.15. The van der Waals surface area contributed by atoms with Crippen molar-refractivity contribution in [1.29, 1.82) is 0 Å². The van der Waals surface area contributed by atoms with Gasteiger partial charge in [0.2, 0.25) is 5.78 Å². The maximum Gasteiger partial charge on any atom is 0.271 e. The minimum Gasteiger partial charge on any atom is -0.452 e. The van der Waals surface area contributed by atoms with Gasteiger partial charge in [0.15, 0.2) is 5.76 Å². The number of fused-ring (bicyclic) bond motifs is 1. The fourth-order valence-electron chi connectivity index (χ4n) is 2.20. The van der Waals surface area contributed by atoms with Gasteiger partial charge in [0, 0.05) is 5.39 Å². The van der Waals surface area contributed by atoms with Gasteiger partial charge in [-0.25, -0.2) is 0 Å². The third-order valence-corrected chi connectivity index (χ3v) is 5.12. The van der Waals surface area contributed by atoms with E-state index < -0.39 is 22.5 Å². The molecule has 3 aromatic rings. The number of Topliss-reactive ketones (excluding diaryl/α,β-unsaturated/α-hetero) is 1. The van der Waals surface area contributed by atoms with Crippen LogP contribution in [-0.4, -0.2) is 20.8 Å². The fraction of sp³-hybridized carbons (Fsp3) is 0.118. The normalized spacial score (nSPS) is 11.7. The number of ketones is 1. The average Bonchev–Trinajstić information content (AvgIpc) is 2.99. The van der Waals surface area contributed by atoms with Crippen molar-refractivity contribution in [3.63, 3.8) is 0 Å². The molecule has 7 heteroatoms. The summed E-state index contributed by atoms with van der Waals surface area (Å²) >= 11 is 3.33. The molecule has 2 aromatic carbocycles. The molecule has 0 bridgehead atoms. The van der Waals surface area contributed by atoms with Crippen LogP contribution < -0.4 is 0 Å². The molecule has 0 saturated carbocycles. The van der Waals surface area contributed by atoms with E-state index in [4.69, 9.17) is 8.60 Å². The lowest BCUT2D eigenvalue weighted by atomic mass is 10.2. The fourth-order valence-corrected chi connectivity index (χ4v) is 3.63. The van der Waals surface area contributed by atoms with Gasteiger partial charge in [0.25, 0.3) is 10.1 Å². The minimum atomic E-state index is -3.85. The van der Waals surface area contributed by atoms with Crippen LogP contribution in [0.25, 0.3) is 11.0 Å². The van der Waals surface area contributed by atoms with E-state index >= 15 is 0 Å². The van der Waals surface area contributed by atoms with Crippen molar-refractivity contribution in [3.8, 4) is 0 Å². The van der Waals surface area contributed by atoms with Crippen LogP contribution >= 0.6 is 15.9 Å². The Balaban J connectivity index is 1.69. The molecule has 0 spiro atoms. The first-order valence-corrected chi connectivity index (χ1v) is 9.44. The molecule has 0 amide bonds. The van der Waals surface area contributed by atoms with Crippen LogP contribution in [0.2, 0.25) is 0 Å². The number of rotatable bonds is 6. The van der Waals surface area contributed by atoms with Gasteiger partial charge in [-0.1, -0.05) is 42.5 Å². The smallest absolute Gasteiger partial charge is 0.271 e. The first kappa shape index (κ1) is 16.9. The summed E-state index contributed by atoms with van der Waals surface area (Å²) in [5.41, 5.74) is 1.13. The molecule has 1 heterocycles. The van der Waals surface area contributed by atoms with Crippen LogP contribution in [-0.2, 0) is 20.1 Å². The zero-order chi connectivity index (χ0) is 17.2. The molecule has 0 fully saturated rings. The predicted octanol–water partition coefficient (Wildman–Crippen LogP) is 3.92. The molecular formula is C17H13BrO5S. The highest BCUT2D eigenvalue weighted by atomic mass is 79.9. The highest BCUT2D eigenvalue weighted by Gasteiger charge is 2.19. The van der Waals surface area contributed by atoms with Gasteiger partial charge >= 0.3 is 0 Å². The molecule has 0 aliphatic rings. The van der Waals surface area contributed by atoms with Crippen molar-refractivity contribution in [2.75, 3.05) is 6.61 Å². The number of para-hydroxylation sites is 1. The van der Waals surface area contributed by atoms with E-state index in [0.717, 1.165) is 9.86 Å². The predicted molar refractivity (Wildman–Crippen MR) is 93.3 cm³/mol. The van der Waals surface area contributed by atoms with Gasteiger partial charge in [-0.2, -0.15) is 8.42 Å². The number of carbonyl (C=O) groups is 1. The highest BCUT2D eigenvalue weighted by Crippen LogP contribution is 2.27. The lowest BCUT2D eigenvalue weighted by Gasteiger charge is -2.04. The summed E-state index contributed by atoms with van der Waals surface area (Å²) in [4.78, 5) is 12.1. The SMILES string of the molecule is O=C(COS(=O)(=O)Cc1ccccc1)c1cc2cccc(Br)c2o1. The van der Waals surface area contributed by atoms with E-state index in [1.807, 2.05) is 6.07 Å². The third kappa shape index (κ3) is 3.92. The second kappa shape index (κ2) is 6.88. The molecule has 0 radical (unpaired) electrons. The second-order valence-electron chi connectivity index (χ2n) is 5.14. The number of hydrogen-bond donors (Lipinski definition) is 0. The molecule has 0 atom stereocenters. The van der Waals surface area contributed by atoms with Gasteiger partial charge < -0.3 is 4.42 Å². The maximum absolute atomic E-state index is 12.1. The summed E-state index contributed by atoms with van der Waals surface area (Å²) in [5.74, 6) is -0.756. The van der Waals surface area contributed by atoms with Crippen molar-refractivity contribution in [3.05, 3.63) is 70.4 Å². The quantitative estimate of drug-likeness (QED) is 0.456. The number of benzene rings is 2. The Morgan fingerprint density at radius 3 is 2.54 bits per heavy atom. The van der Waals surface area contributed by atoms with E-state index in [0.29, 0.717) is 11.1 Å². The van der Waals surface area contributed by atoms with Gasteiger partial charge in [-0.15, -0.1) is 0 Å². The molecule has 0 saturated heterocycles. The summed E-state index contributed by atoms with van der Waals surface area (Å²) in [6, 6.07) is 15.6. The molecular weight excluding hydrogens is 396 g/mol. The number of hydrogen-bond acceptors (Lipinski definition) is 5. The van der Waals surface area contributed by atoms with Crippen LogP contribution in [0.3, 0.4) is 0 Å². The van der Waals surface area contributed by atoms with Gasteiger partial charge in [0.05, 0.1) is 4.47 Å². The molecule has 0 aliphatic carbocycles. The van der Waals surface area contributed by atoms with Gasteiger partial charge in [-0.3, -0.25) is 8.98 Å². The van der Waals surface area contributed by atoms with Crippen LogP contribution in [0.5, 0.6) is 0 Å². The minimum absolute atomic E-state index is 0.0619. The Morgan fingerprint density at radius 1 is 1.08 bits per heavy atom. The molecule has 0 N–H and O–H groups in total. The third-order valence-electron chi connectivity index (χ3n) is 3.33. The molecule has 124 valence electrons. The standard InChI is InChI=1S/C17H13BrO5S/c18-14-8-4-7-13-9-16(23-17(13)14)15(19)10-22-24(20,21)11-12-5-2-1-3-6-12/h1-9H,10-11H2. The van der Waals surface area contributed by atoms with Crippen molar-refractivity contribution in [1.82, 2.24) is 0 Å². The first-order valence-electron chi connectivity index (χ1n) is 7.07. The monoisotopic (exact) mass is 408 g/mol. The Labute approximate surface area is 147 Å². The highest BCUT2D eigenvalue weighted by molar-refractivity contribution is 9.10. The van der Waals surface area contributed by atoms with Gasteiger partial charge in [-0.05, 0) is 33.6 Å². The van der Waals surface area contributed by atoms with Crippen LogP contribution in [0, 0.1) is 0 Å². The summed E-state index contributed by atoms with van der Waals surface area (Å²) in [5, 5.41) is 0.750. The molecule has 0 unspecified atom stereocenters. The summed E-state index contributed by atoms with van der Waals surface area (Å²) in [6.07, 6.45) is 0. The lowest BCUT2D eigenvalue weighted by molar-refractivity contribution is 0.0899. The Bertz CT molecular complexity index is 977. The Morgan fingerprint density at radius 2 is 1.83 bits per heavy atom. The Hall–Kier alpha value is -1.96. The van der Waals surface area contributed by atoms with Crippen LogP contribution in [0.15, 0.2) is 63.5 Å². The van der Waals surface area contributed by atoms with Crippen molar-refractivity contribution >= 4 is 42.8 Å². The van der Waals surface area contributed by atoms with Gasteiger partial charge in [0.1, 0.15) is 17.9 Å². The zero-order valence-corrected chi connectivity index (χ0v) is 14.8. The molecule has 24 heavy (non-hydrogen) atoms. The molecule has 1 aromatic heterocycles. The average molecular weight is 409 g/mol. The molecule has 0 aliphatic heterocycles. The van der Waals surface area contributed by atoms with E-state index in [-0.39, 0.29) is 11.5 Å². The summed E-state index contributed by atoms with van der Waals surface area (Å²) < 4.78 is 34.9. The maximum atomic E-state index is 12.1. The van der Waals surface area contributed by atoms with Crippen LogP contribution in [0.1, 0.15) is 16.1 Å². The molecule has 5 nitrogen and oxygen atoms in total. The Kier molecular flexibility index (Phi) is 4.84. The van der Waals surface area contributed by atoms with E-state index in [1.54, 1.807) is 48.5 Å². The van der Waals surface area contributed by atoms with Crippen LogP contribution in [0.4, 0.5) is 0 Å². The van der Waals surface area contributed by atoms with Crippen molar-refractivity contribution < 1.29 is 21.8 Å². The van der Waals surface area contributed by atoms with E-state index in [9.17, 15) is 13.2 Å². The number of furan rings is 1. The first-order chi connectivity index (χ1) is 11.4. The molecule has 3 rings (SSSR count). The topological polar surface area (TPSA) is 73.6 Å². The second-order valence-corrected chi connectivity index (χ2v) is 7.64.